The SMILES string of the molecule is CCc1nc2ccc(C3CCN(S(C)(=O)=O)CC3)cn2c1N(C)c1nc(-c2ccc(C(F)(F)F)cc2)c(CO)s1. The van der Waals surface area contributed by atoms with Gasteiger partial charge in [-0.15, -0.1) is 0 Å². The molecule has 1 aliphatic heterocycles. The van der Waals surface area contributed by atoms with E-state index in [0.29, 0.717) is 40.8 Å². The Labute approximate surface area is 234 Å². The lowest BCUT2D eigenvalue weighted by molar-refractivity contribution is -0.137. The van der Waals surface area contributed by atoms with Crippen LogP contribution in [0.4, 0.5) is 24.1 Å². The molecule has 1 N–H and O–H groups in total. The highest BCUT2D eigenvalue weighted by atomic mass is 32.2. The lowest BCUT2D eigenvalue weighted by atomic mass is 9.91. The first-order valence-electron chi connectivity index (χ1n) is 12.9. The van der Waals surface area contributed by atoms with E-state index in [-0.39, 0.29) is 12.5 Å². The Balaban J connectivity index is 1.49. The van der Waals surface area contributed by atoms with Crippen LogP contribution in [-0.2, 0) is 29.2 Å². The number of anilines is 2. The van der Waals surface area contributed by atoms with E-state index in [1.54, 1.807) is 0 Å². The first-order valence-corrected chi connectivity index (χ1v) is 15.5. The zero-order valence-electron chi connectivity index (χ0n) is 22.3. The number of halogens is 3. The predicted molar refractivity (Wildman–Crippen MR) is 149 cm³/mol. The van der Waals surface area contributed by atoms with Crippen molar-refractivity contribution in [2.45, 2.75) is 44.9 Å². The van der Waals surface area contributed by atoms with Gasteiger partial charge in [-0.1, -0.05) is 36.5 Å². The van der Waals surface area contributed by atoms with Crippen molar-refractivity contribution in [3.63, 3.8) is 0 Å². The van der Waals surface area contributed by atoms with Gasteiger partial charge in [-0.2, -0.15) is 13.2 Å². The monoisotopic (exact) mass is 593 g/mol. The summed E-state index contributed by atoms with van der Waals surface area (Å²) in [6.45, 7) is 2.67. The number of benzene rings is 1. The number of fused-ring (bicyclic) bond motifs is 1. The molecule has 4 aromatic rings. The van der Waals surface area contributed by atoms with Crippen LogP contribution < -0.4 is 4.90 Å². The number of sulfonamides is 1. The number of imidazole rings is 1. The van der Waals surface area contributed by atoms with Crippen molar-refractivity contribution in [1.82, 2.24) is 18.7 Å². The second-order valence-corrected chi connectivity index (χ2v) is 13.0. The van der Waals surface area contributed by atoms with Crippen molar-refractivity contribution < 1.29 is 26.7 Å². The minimum atomic E-state index is -4.44. The number of pyridine rings is 1. The average molecular weight is 594 g/mol. The number of aromatic nitrogens is 3. The van der Waals surface area contributed by atoms with Gasteiger partial charge >= 0.3 is 6.18 Å². The number of thiazole rings is 1. The molecule has 1 saturated heterocycles. The quantitative estimate of drug-likeness (QED) is 0.307. The Morgan fingerprint density at radius 3 is 2.35 bits per heavy atom. The summed E-state index contributed by atoms with van der Waals surface area (Å²) in [5.74, 6) is 1.02. The maximum absolute atomic E-state index is 13.1. The van der Waals surface area contributed by atoms with Crippen LogP contribution in [-0.4, -0.2) is 58.6 Å². The van der Waals surface area contributed by atoms with Gasteiger partial charge in [0, 0.05) is 31.9 Å². The molecular formula is C27H30F3N5O3S2. The zero-order chi connectivity index (χ0) is 28.8. The molecule has 40 heavy (non-hydrogen) atoms. The number of alkyl halides is 3. The first kappa shape index (κ1) is 28.5. The number of hydrogen-bond donors (Lipinski definition) is 1. The summed E-state index contributed by atoms with van der Waals surface area (Å²) in [6.07, 6.45) is 0.959. The van der Waals surface area contributed by atoms with E-state index < -0.39 is 21.8 Å². The number of rotatable bonds is 7. The van der Waals surface area contributed by atoms with Crippen LogP contribution in [0.15, 0.2) is 42.6 Å². The Morgan fingerprint density at radius 1 is 1.10 bits per heavy atom. The average Bonchev–Trinajstić information content (AvgIpc) is 3.53. The third kappa shape index (κ3) is 5.47. The Morgan fingerprint density at radius 2 is 1.77 bits per heavy atom. The molecule has 1 aromatic carbocycles. The molecule has 0 unspecified atom stereocenters. The zero-order valence-corrected chi connectivity index (χ0v) is 23.9. The van der Waals surface area contributed by atoms with Gasteiger partial charge in [-0.25, -0.2) is 22.7 Å². The smallest absolute Gasteiger partial charge is 0.391 e. The predicted octanol–water partition coefficient (Wildman–Crippen LogP) is 5.44. The van der Waals surface area contributed by atoms with Crippen molar-refractivity contribution in [2.24, 2.45) is 0 Å². The van der Waals surface area contributed by atoms with Crippen molar-refractivity contribution in [3.05, 3.63) is 64.3 Å². The summed E-state index contributed by atoms with van der Waals surface area (Å²) in [5.41, 5.74) is 2.89. The number of aliphatic hydroxyl groups is 1. The first-order chi connectivity index (χ1) is 18.9. The molecule has 0 atom stereocenters. The minimum Gasteiger partial charge on any atom is -0.391 e. The van der Waals surface area contributed by atoms with Crippen molar-refractivity contribution >= 4 is 38.0 Å². The van der Waals surface area contributed by atoms with Gasteiger partial charge in [-0.3, -0.25) is 4.40 Å². The third-order valence-corrected chi connectivity index (χ3v) is 9.75. The van der Waals surface area contributed by atoms with Gasteiger partial charge in [0.1, 0.15) is 11.5 Å². The molecule has 0 saturated carbocycles. The van der Waals surface area contributed by atoms with Gasteiger partial charge < -0.3 is 10.0 Å². The summed E-state index contributed by atoms with van der Waals surface area (Å²) < 4.78 is 66.5. The molecule has 5 rings (SSSR count). The van der Waals surface area contributed by atoms with E-state index in [1.807, 2.05) is 41.6 Å². The molecule has 0 radical (unpaired) electrons. The van der Waals surface area contributed by atoms with Crippen molar-refractivity contribution in [1.29, 1.82) is 0 Å². The second kappa shape index (κ2) is 10.8. The fraction of sp³-hybridized carbons (Fsp3) is 0.407. The minimum absolute atomic E-state index is 0.208. The van der Waals surface area contributed by atoms with Crippen LogP contribution in [0.25, 0.3) is 16.9 Å². The van der Waals surface area contributed by atoms with Crippen LogP contribution in [0.2, 0.25) is 0 Å². The number of nitrogens with zero attached hydrogens (tertiary/aromatic N) is 5. The van der Waals surface area contributed by atoms with Crippen LogP contribution in [0.1, 0.15) is 47.4 Å². The summed E-state index contributed by atoms with van der Waals surface area (Å²) in [5, 5.41) is 10.6. The van der Waals surface area contributed by atoms with E-state index in [1.165, 1.54) is 34.0 Å². The van der Waals surface area contributed by atoms with Crippen molar-refractivity contribution in [3.8, 4) is 11.3 Å². The Bertz CT molecular complexity index is 1620. The Hall–Kier alpha value is -3.00. The highest BCUT2D eigenvalue weighted by Gasteiger charge is 2.31. The maximum Gasteiger partial charge on any atom is 0.416 e. The number of piperidine rings is 1. The molecule has 3 aromatic heterocycles. The highest BCUT2D eigenvalue weighted by molar-refractivity contribution is 7.88. The van der Waals surface area contributed by atoms with Crippen LogP contribution >= 0.6 is 11.3 Å². The van der Waals surface area contributed by atoms with Gasteiger partial charge in [0.25, 0.3) is 0 Å². The molecule has 0 spiro atoms. The summed E-state index contributed by atoms with van der Waals surface area (Å²) >= 11 is 1.27. The van der Waals surface area contributed by atoms with Crippen LogP contribution in [0.5, 0.6) is 0 Å². The second-order valence-electron chi connectivity index (χ2n) is 9.92. The van der Waals surface area contributed by atoms with E-state index >= 15 is 0 Å². The largest absolute Gasteiger partial charge is 0.416 e. The molecule has 1 aliphatic rings. The molecular weight excluding hydrogens is 563 g/mol. The highest BCUT2D eigenvalue weighted by Crippen LogP contribution is 2.39. The Kier molecular flexibility index (Phi) is 7.68. The summed E-state index contributed by atoms with van der Waals surface area (Å²) in [7, 11) is -1.35. The number of aliphatic hydroxyl groups excluding tert-OH is 1. The van der Waals surface area contributed by atoms with Gasteiger partial charge in [0.15, 0.2) is 5.13 Å². The third-order valence-electron chi connectivity index (χ3n) is 7.33. The molecule has 8 nitrogen and oxygen atoms in total. The van der Waals surface area contributed by atoms with E-state index in [0.717, 1.165) is 47.7 Å². The topological polar surface area (TPSA) is 91.0 Å². The summed E-state index contributed by atoms with van der Waals surface area (Å²) in [4.78, 5) is 12.0. The molecule has 0 aliphatic carbocycles. The lowest BCUT2D eigenvalue weighted by Gasteiger charge is -2.30. The molecule has 1 fully saturated rings. The standard InChI is InChI=1S/C27H30F3N5O3S2/c1-4-21-25(35-15-19(7-10-23(35)31-21)17-11-13-34(14-12-17)40(3,37)38)33(2)26-32-24(22(16-36)39-26)18-5-8-20(9-6-18)27(28,29)30/h5-10,15,17,36H,4,11-14,16H2,1-3H3. The number of hydrogen-bond acceptors (Lipinski definition) is 7. The van der Waals surface area contributed by atoms with E-state index in [2.05, 4.69) is 0 Å². The fourth-order valence-corrected chi connectivity index (χ4v) is 6.95. The van der Waals surface area contributed by atoms with Gasteiger partial charge in [0.2, 0.25) is 10.0 Å². The maximum atomic E-state index is 13.1. The molecule has 13 heteroatoms. The molecule has 4 heterocycles. The molecule has 0 bridgehead atoms. The lowest BCUT2D eigenvalue weighted by Crippen LogP contribution is -2.37. The normalized spacial score (nSPS) is 15.7. The van der Waals surface area contributed by atoms with Crippen LogP contribution in [0, 0.1) is 0 Å². The van der Waals surface area contributed by atoms with E-state index in [4.69, 9.17) is 9.97 Å². The number of aryl methyl sites for hydroxylation is 1. The molecule has 0 amide bonds. The molecule has 214 valence electrons. The van der Waals surface area contributed by atoms with E-state index in [9.17, 15) is 26.7 Å². The van der Waals surface area contributed by atoms with Gasteiger partial charge in [-0.05, 0) is 48.9 Å². The van der Waals surface area contributed by atoms with Crippen LogP contribution in [0.3, 0.4) is 0 Å². The van der Waals surface area contributed by atoms with Gasteiger partial charge in [0.05, 0.1) is 34.7 Å². The van der Waals surface area contributed by atoms with Crippen molar-refractivity contribution in [2.75, 3.05) is 31.3 Å². The summed E-state index contributed by atoms with van der Waals surface area (Å²) in [6, 6.07) is 8.77. The fourth-order valence-electron chi connectivity index (χ4n) is 5.18.